The zero-order valence-corrected chi connectivity index (χ0v) is 22.1. The van der Waals surface area contributed by atoms with E-state index in [-0.39, 0.29) is 5.92 Å². The Labute approximate surface area is 226 Å². The van der Waals surface area contributed by atoms with E-state index in [0.717, 1.165) is 51.9 Å². The molecule has 0 bridgehead atoms. The number of nitrogens with zero attached hydrogens (tertiary/aromatic N) is 5. The van der Waals surface area contributed by atoms with E-state index in [4.69, 9.17) is 24.0 Å². The van der Waals surface area contributed by atoms with Crippen LogP contribution in [0.1, 0.15) is 41.6 Å². The minimum Gasteiger partial charge on any atom is -0.496 e. The van der Waals surface area contributed by atoms with Crippen LogP contribution in [0, 0.1) is 13.8 Å². The van der Waals surface area contributed by atoms with Gasteiger partial charge < -0.3 is 23.3 Å². The number of imidazole rings is 1. The van der Waals surface area contributed by atoms with Crippen LogP contribution < -0.4 is 9.47 Å². The molecule has 1 fully saturated rings. The Bertz CT molecular complexity index is 1670. The highest BCUT2D eigenvalue weighted by Gasteiger charge is 2.32. The molecule has 40 heavy (non-hydrogen) atoms. The molecule has 0 radical (unpaired) electrons. The van der Waals surface area contributed by atoms with Crippen molar-refractivity contribution in [1.82, 2.24) is 24.7 Å². The predicted octanol–water partition coefficient (Wildman–Crippen LogP) is 6.10. The summed E-state index contributed by atoms with van der Waals surface area (Å²) in [5.74, 6) is 1.82. The Kier molecular flexibility index (Phi) is 6.57. The highest BCUT2D eigenvalue weighted by Crippen LogP contribution is 2.40. The smallest absolute Gasteiger partial charge is 0.496 e. The lowest BCUT2D eigenvalue weighted by Crippen LogP contribution is -2.19. The van der Waals surface area contributed by atoms with Crippen LogP contribution in [-0.2, 0) is 11.3 Å². The van der Waals surface area contributed by atoms with Crippen molar-refractivity contribution in [3.8, 4) is 22.8 Å². The lowest BCUT2D eigenvalue weighted by molar-refractivity contribution is -0.276. The van der Waals surface area contributed by atoms with Crippen LogP contribution in [0.3, 0.4) is 0 Å². The molecule has 12 heteroatoms. The highest BCUT2D eigenvalue weighted by atomic mass is 19.4. The summed E-state index contributed by atoms with van der Waals surface area (Å²) in [6, 6.07) is 6.69. The molecule has 9 nitrogen and oxygen atoms in total. The molecule has 208 valence electrons. The third kappa shape index (κ3) is 4.83. The van der Waals surface area contributed by atoms with Gasteiger partial charge in [0.05, 0.1) is 42.1 Å². The second kappa shape index (κ2) is 10.1. The van der Waals surface area contributed by atoms with Crippen molar-refractivity contribution in [2.24, 2.45) is 0 Å². The van der Waals surface area contributed by atoms with Gasteiger partial charge in [0.25, 0.3) is 0 Å². The number of aromatic nitrogens is 5. The monoisotopic (exact) mass is 553 g/mol. The quantitative estimate of drug-likeness (QED) is 0.249. The number of alkyl halides is 3. The average molecular weight is 554 g/mol. The zero-order valence-electron chi connectivity index (χ0n) is 22.1. The third-order valence-electron chi connectivity index (χ3n) is 7.17. The van der Waals surface area contributed by atoms with Crippen LogP contribution in [0.5, 0.6) is 11.6 Å². The van der Waals surface area contributed by atoms with Crippen molar-refractivity contribution in [3.63, 3.8) is 0 Å². The standard InChI is InChI=1S/C28H26F3N5O4/c1-15-25(16(2)40-35-15)20-10-21-19(11-23(20)37-3)26-22(13-32-21)34-27(18-6-8-38-9-7-18)36(26)14-17-4-5-24(33-12-17)39-28(29,30)31/h4-5,10-13,18H,6-9,14H2,1-3H3. The summed E-state index contributed by atoms with van der Waals surface area (Å²) in [6.07, 6.45) is -0.0480. The third-order valence-corrected chi connectivity index (χ3v) is 7.17. The van der Waals surface area contributed by atoms with Gasteiger partial charge in [-0.15, -0.1) is 13.2 Å². The van der Waals surface area contributed by atoms with Crippen molar-refractivity contribution in [1.29, 1.82) is 0 Å². The Balaban J connectivity index is 1.51. The largest absolute Gasteiger partial charge is 0.574 e. The normalized spacial score (nSPS) is 14.8. The minimum absolute atomic E-state index is 0.153. The molecule has 1 aromatic carbocycles. The van der Waals surface area contributed by atoms with Crippen molar-refractivity contribution in [2.75, 3.05) is 20.3 Å². The number of rotatable bonds is 6. The van der Waals surface area contributed by atoms with E-state index in [1.807, 2.05) is 26.0 Å². The number of methoxy groups -OCH3 is 1. The van der Waals surface area contributed by atoms with E-state index in [0.29, 0.717) is 42.3 Å². The number of hydrogen-bond donors (Lipinski definition) is 0. The van der Waals surface area contributed by atoms with E-state index in [1.54, 1.807) is 19.4 Å². The summed E-state index contributed by atoms with van der Waals surface area (Å²) in [5.41, 5.74) is 5.41. The Hall–Kier alpha value is -4.19. The molecule has 0 unspecified atom stereocenters. The topological polar surface area (TPSA) is 97.3 Å². The first-order valence-corrected chi connectivity index (χ1v) is 12.8. The summed E-state index contributed by atoms with van der Waals surface area (Å²) in [4.78, 5) is 13.6. The van der Waals surface area contributed by atoms with Crippen molar-refractivity contribution >= 4 is 21.9 Å². The van der Waals surface area contributed by atoms with E-state index in [2.05, 4.69) is 19.4 Å². The SMILES string of the molecule is COc1cc2c(cc1-c1c(C)noc1C)ncc1nc(C3CCOCC3)n(Cc3ccc(OC(F)(F)F)nc3)c12. The van der Waals surface area contributed by atoms with Gasteiger partial charge in [-0.1, -0.05) is 11.2 Å². The van der Waals surface area contributed by atoms with Gasteiger partial charge in [-0.2, -0.15) is 0 Å². The summed E-state index contributed by atoms with van der Waals surface area (Å²) >= 11 is 0. The fraction of sp³-hybridized carbons (Fsp3) is 0.357. The number of benzene rings is 1. The fourth-order valence-corrected chi connectivity index (χ4v) is 5.38. The van der Waals surface area contributed by atoms with Gasteiger partial charge in [0, 0.05) is 42.3 Å². The van der Waals surface area contributed by atoms with Gasteiger partial charge in [0.15, 0.2) is 0 Å². The first kappa shape index (κ1) is 26.1. The Morgan fingerprint density at radius 1 is 1.05 bits per heavy atom. The first-order valence-electron chi connectivity index (χ1n) is 12.8. The summed E-state index contributed by atoms with van der Waals surface area (Å²) in [6.45, 7) is 5.33. The fourth-order valence-electron chi connectivity index (χ4n) is 5.38. The molecular weight excluding hydrogens is 527 g/mol. The van der Waals surface area contributed by atoms with Crippen molar-refractivity contribution in [2.45, 2.75) is 45.5 Å². The van der Waals surface area contributed by atoms with Crippen LogP contribution in [0.2, 0.25) is 0 Å². The second-order valence-electron chi connectivity index (χ2n) is 9.76. The zero-order chi connectivity index (χ0) is 28.0. The maximum atomic E-state index is 12.6. The van der Waals surface area contributed by atoms with Crippen LogP contribution in [0.4, 0.5) is 13.2 Å². The van der Waals surface area contributed by atoms with E-state index in [9.17, 15) is 13.2 Å². The number of pyridine rings is 2. The van der Waals surface area contributed by atoms with Crippen LogP contribution in [0.25, 0.3) is 33.1 Å². The summed E-state index contributed by atoms with van der Waals surface area (Å²) in [7, 11) is 1.61. The highest BCUT2D eigenvalue weighted by molar-refractivity contribution is 6.05. The van der Waals surface area contributed by atoms with Gasteiger partial charge in [-0.25, -0.2) is 9.97 Å². The molecule has 5 heterocycles. The Morgan fingerprint density at radius 2 is 1.85 bits per heavy atom. The maximum Gasteiger partial charge on any atom is 0.574 e. The minimum atomic E-state index is -4.81. The van der Waals surface area contributed by atoms with Gasteiger partial charge in [-0.3, -0.25) is 4.98 Å². The number of halogens is 3. The lowest BCUT2D eigenvalue weighted by Gasteiger charge is -2.23. The molecule has 1 aliphatic heterocycles. The molecule has 5 aromatic rings. The van der Waals surface area contributed by atoms with Gasteiger partial charge in [-0.05, 0) is 44.4 Å². The summed E-state index contributed by atoms with van der Waals surface area (Å²) < 4.78 is 60.8. The molecule has 6 rings (SSSR count). The maximum absolute atomic E-state index is 12.6. The number of hydrogen-bond acceptors (Lipinski definition) is 8. The summed E-state index contributed by atoms with van der Waals surface area (Å²) in [5, 5.41) is 4.92. The van der Waals surface area contributed by atoms with Crippen LogP contribution in [-0.4, -0.2) is 51.4 Å². The van der Waals surface area contributed by atoms with E-state index in [1.165, 1.54) is 12.3 Å². The predicted molar refractivity (Wildman–Crippen MR) is 139 cm³/mol. The molecule has 4 aromatic heterocycles. The van der Waals surface area contributed by atoms with E-state index >= 15 is 0 Å². The second-order valence-corrected chi connectivity index (χ2v) is 9.76. The molecule has 0 saturated carbocycles. The number of ether oxygens (including phenoxy) is 3. The van der Waals surface area contributed by atoms with Gasteiger partial charge in [0.2, 0.25) is 5.88 Å². The van der Waals surface area contributed by atoms with Crippen molar-refractivity contribution < 1.29 is 31.9 Å². The number of aryl methyl sites for hydroxylation is 2. The number of fused-ring (bicyclic) bond motifs is 3. The Morgan fingerprint density at radius 3 is 2.50 bits per heavy atom. The average Bonchev–Trinajstić information content (AvgIpc) is 3.47. The molecule has 0 amide bonds. The van der Waals surface area contributed by atoms with E-state index < -0.39 is 12.2 Å². The molecule has 0 atom stereocenters. The molecular formula is C28H26F3N5O4. The van der Waals surface area contributed by atoms with Gasteiger partial charge >= 0.3 is 6.36 Å². The molecule has 0 aliphatic carbocycles. The molecule has 0 N–H and O–H groups in total. The van der Waals surface area contributed by atoms with Crippen LogP contribution in [0.15, 0.2) is 41.2 Å². The van der Waals surface area contributed by atoms with Crippen molar-refractivity contribution in [3.05, 3.63) is 59.5 Å². The van der Waals surface area contributed by atoms with Crippen LogP contribution >= 0.6 is 0 Å². The first-order chi connectivity index (χ1) is 19.2. The lowest BCUT2D eigenvalue weighted by atomic mass is 9.99. The molecule has 1 aliphatic rings. The molecule has 0 spiro atoms. The molecule has 1 saturated heterocycles. The van der Waals surface area contributed by atoms with Gasteiger partial charge in [0.1, 0.15) is 22.9 Å².